The minimum Gasteiger partial charge on any atom is -0.507 e. The fourth-order valence-electron chi connectivity index (χ4n) is 4.28. The van der Waals surface area contributed by atoms with Crippen molar-refractivity contribution in [2.24, 2.45) is 9.98 Å². The van der Waals surface area contributed by atoms with Crippen molar-refractivity contribution in [3.05, 3.63) is 108 Å². The van der Waals surface area contributed by atoms with Gasteiger partial charge in [0.25, 0.3) is 0 Å². The molecular formula is C30H20N4O2. The molecule has 0 saturated heterocycles. The van der Waals surface area contributed by atoms with Crippen molar-refractivity contribution in [2.75, 3.05) is 0 Å². The third-order valence-electron chi connectivity index (χ3n) is 6.11. The summed E-state index contributed by atoms with van der Waals surface area (Å²) in [7, 11) is 0. The van der Waals surface area contributed by atoms with Crippen molar-refractivity contribution in [2.45, 2.75) is 0 Å². The molecule has 0 fully saturated rings. The van der Waals surface area contributed by atoms with Crippen molar-refractivity contribution in [3.8, 4) is 11.5 Å². The van der Waals surface area contributed by atoms with E-state index in [9.17, 15) is 10.2 Å². The van der Waals surface area contributed by atoms with Gasteiger partial charge >= 0.3 is 0 Å². The smallest absolute Gasteiger partial charge is 0.132 e. The van der Waals surface area contributed by atoms with Gasteiger partial charge in [0.05, 0.1) is 22.4 Å². The van der Waals surface area contributed by atoms with Gasteiger partial charge in [-0.3, -0.25) is 20.0 Å². The van der Waals surface area contributed by atoms with Crippen LogP contribution in [-0.4, -0.2) is 32.6 Å². The lowest BCUT2D eigenvalue weighted by Crippen LogP contribution is -1.89. The fraction of sp³-hybridized carbons (Fsp3) is 0. The molecular weight excluding hydrogens is 448 g/mol. The van der Waals surface area contributed by atoms with E-state index in [4.69, 9.17) is 0 Å². The second-order valence-corrected chi connectivity index (χ2v) is 8.32. The van der Waals surface area contributed by atoms with E-state index in [0.29, 0.717) is 33.3 Å². The second kappa shape index (κ2) is 8.92. The summed E-state index contributed by atoms with van der Waals surface area (Å²) in [5.74, 6) is 0.0861. The first-order valence-electron chi connectivity index (χ1n) is 11.4. The molecule has 172 valence electrons. The molecule has 36 heavy (non-hydrogen) atoms. The lowest BCUT2D eigenvalue weighted by Gasteiger charge is -2.09. The van der Waals surface area contributed by atoms with Crippen LogP contribution in [0.5, 0.6) is 11.5 Å². The van der Waals surface area contributed by atoms with E-state index in [1.807, 2.05) is 60.7 Å². The predicted molar refractivity (Wildman–Crippen MR) is 145 cm³/mol. The van der Waals surface area contributed by atoms with Crippen molar-refractivity contribution in [1.82, 2.24) is 9.97 Å². The highest BCUT2D eigenvalue weighted by Crippen LogP contribution is 2.36. The van der Waals surface area contributed by atoms with Crippen molar-refractivity contribution in [3.63, 3.8) is 0 Å². The topological polar surface area (TPSA) is 91.0 Å². The Labute approximate surface area is 206 Å². The van der Waals surface area contributed by atoms with Crippen LogP contribution in [0.1, 0.15) is 11.1 Å². The number of aromatic nitrogens is 2. The molecule has 0 radical (unpaired) electrons. The second-order valence-electron chi connectivity index (χ2n) is 8.32. The third kappa shape index (κ3) is 3.80. The quantitative estimate of drug-likeness (QED) is 0.277. The third-order valence-corrected chi connectivity index (χ3v) is 6.11. The Morgan fingerprint density at radius 3 is 1.44 bits per heavy atom. The summed E-state index contributed by atoms with van der Waals surface area (Å²) in [6.07, 6.45) is 6.68. The number of rotatable bonds is 4. The van der Waals surface area contributed by atoms with Crippen LogP contribution in [-0.2, 0) is 0 Å². The molecule has 2 N–H and O–H groups in total. The number of aromatic hydroxyl groups is 2. The van der Waals surface area contributed by atoms with E-state index in [-0.39, 0.29) is 11.5 Å². The Hall–Kier alpha value is -5.10. The minimum absolute atomic E-state index is 0.0430. The standard InChI is InChI=1S/C30H20N4O2/c35-29-21(17-33-25-9-1-5-19-7-3-15-31-27(19)25)11-13-24-23(29)14-12-22(30(24)36)18-34-26-10-2-6-20-8-4-16-32-28(20)26/h1-18,35-36H. The van der Waals surface area contributed by atoms with Crippen LogP contribution < -0.4 is 0 Å². The van der Waals surface area contributed by atoms with E-state index in [1.165, 1.54) is 0 Å². The van der Waals surface area contributed by atoms with Gasteiger partial charge in [0.2, 0.25) is 0 Å². The van der Waals surface area contributed by atoms with Crippen molar-refractivity contribution in [1.29, 1.82) is 0 Å². The molecule has 0 saturated carbocycles. The molecule has 4 aromatic carbocycles. The summed E-state index contributed by atoms with van der Waals surface area (Å²) in [6.45, 7) is 0. The predicted octanol–water partition coefficient (Wildman–Crippen LogP) is 6.85. The average molecular weight is 469 g/mol. The van der Waals surface area contributed by atoms with Gasteiger partial charge in [0.15, 0.2) is 0 Å². The van der Waals surface area contributed by atoms with E-state index in [0.717, 1.165) is 21.8 Å². The lowest BCUT2D eigenvalue weighted by molar-refractivity contribution is 0.475. The first kappa shape index (κ1) is 21.4. The van der Waals surface area contributed by atoms with Crippen molar-refractivity contribution >= 4 is 56.4 Å². The molecule has 0 spiro atoms. The number of pyridine rings is 2. The molecule has 6 aromatic rings. The van der Waals surface area contributed by atoms with Crippen LogP contribution in [0.3, 0.4) is 0 Å². The largest absolute Gasteiger partial charge is 0.507 e. The summed E-state index contributed by atoms with van der Waals surface area (Å²) in [4.78, 5) is 18.0. The van der Waals surface area contributed by atoms with E-state index >= 15 is 0 Å². The van der Waals surface area contributed by atoms with Gasteiger partial charge in [-0.05, 0) is 48.5 Å². The molecule has 6 nitrogen and oxygen atoms in total. The first-order chi connectivity index (χ1) is 17.7. The molecule has 0 aliphatic heterocycles. The molecule has 0 bridgehead atoms. The van der Waals surface area contributed by atoms with Gasteiger partial charge in [-0.2, -0.15) is 0 Å². The molecule has 6 heteroatoms. The van der Waals surface area contributed by atoms with Crippen LogP contribution in [0.15, 0.2) is 107 Å². The number of hydrogen-bond acceptors (Lipinski definition) is 6. The number of nitrogens with zero attached hydrogens (tertiary/aromatic N) is 4. The molecule has 0 amide bonds. The van der Waals surface area contributed by atoms with Gasteiger partial charge in [-0.1, -0.05) is 36.4 Å². The number of phenolic OH excluding ortho intramolecular Hbond substituents is 2. The zero-order valence-corrected chi connectivity index (χ0v) is 19.1. The normalized spacial score (nSPS) is 11.9. The van der Waals surface area contributed by atoms with Crippen molar-refractivity contribution < 1.29 is 10.2 Å². The Morgan fingerprint density at radius 1 is 0.528 bits per heavy atom. The summed E-state index contributed by atoms with van der Waals surface area (Å²) < 4.78 is 0. The molecule has 0 unspecified atom stereocenters. The number of aliphatic imine (C=N–C) groups is 2. The summed E-state index contributed by atoms with van der Waals surface area (Å²) in [5, 5.41) is 24.9. The highest BCUT2D eigenvalue weighted by molar-refractivity contribution is 6.04. The van der Waals surface area contributed by atoms with Crippen LogP contribution >= 0.6 is 0 Å². The van der Waals surface area contributed by atoms with E-state index in [2.05, 4.69) is 20.0 Å². The first-order valence-corrected chi connectivity index (χ1v) is 11.4. The monoisotopic (exact) mass is 468 g/mol. The maximum Gasteiger partial charge on any atom is 0.132 e. The summed E-state index contributed by atoms with van der Waals surface area (Å²) in [5.41, 5.74) is 4.09. The van der Waals surface area contributed by atoms with E-state index < -0.39 is 0 Å². The number of para-hydroxylation sites is 2. The van der Waals surface area contributed by atoms with Crippen LogP contribution in [0, 0.1) is 0 Å². The van der Waals surface area contributed by atoms with Gasteiger partial charge in [-0.15, -0.1) is 0 Å². The Kier molecular flexibility index (Phi) is 5.31. The van der Waals surface area contributed by atoms with Gasteiger partial charge in [0.1, 0.15) is 11.5 Å². The fourth-order valence-corrected chi connectivity index (χ4v) is 4.28. The summed E-state index contributed by atoms with van der Waals surface area (Å²) in [6, 6.07) is 26.3. The zero-order valence-electron chi connectivity index (χ0n) is 19.1. The number of phenols is 2. The molecule has 0 atom stereocenters. The van der Waals surface area contributed by atoms with Gasteiger partial charge in [-0.25, -0.2) is 0 Å². The molecule has 0 aliphatic carbocycles. The number of fused-ring (bicyclic) bond motifs is 3. The highest BCUT2D eigenvalue weighted by atomic mass is 16.3. The van der Waals surface area contributed by atoms with Gasteiger partial charge in [0, 0.05) is 57.5 Å². The van der Waals surface area contributed by atoms with Crippen LogP contribution in [0.25, 0.3) is 32.6 Å². The molecule has 2 aromatic heterocycles. The Morgan fingerprint density at radius 2 is 0.972 bits per heavy atom. The molecule has 0 aliphatic rings. The maximum absolute atomic E-state index is 10.9. The van der Waals surface area contributed by atoms with Crippen LogP contribution in [0.4, 0.5) is 11.4 Å². The van der Waals surface area contributed by atoms with E-state index in [1.54, 1.807) is 49.1 Å². The van der Waals surface area contributed by atoms with Gasteiger partial charge < -0.3 is 10.2 Å². The molecule has 6 rings (SSSR count). The lowest BCUT2D eigenvalue weighted by atomic mass is 10.0. The SMILES string of the molecule is Oc1c(C=Nc2cccc3cccnc23)ccc2c(O)c(C=Nc3cccc4cccnc34)ccc12. The number of hydrogen-bond donors (Lipinski definition) is 2. The molecule has 2 heterocycles. The highest BCUT2D eigenvalue weighted by Gasteiger charge is 2.11. The average Bonchev–Trinajstić information content (AvgIpc) is 2.92. The Bertz CT molecular complexity index is 1680. The zero-order chi connectivity index (χ0) is 24.5. The summed E-state index contributed by atoms with van der Waals surface area (Å²) >= 11 is 0. The minimum atomic E-state index is 0.0430. The Balaban J connectivity index is 1.35. The van der Waals surface area contributed by atoms with Crippen LogP contribution in [0.2, 0.25) is 0 Å². The maximum atomic E-state index is 10.9. The number of benzene rings is 4.